The Hall–Kier alpha value is -1.64. The van der Waals surface area contributed by atoms with Gasteiger partial charge in [0.15, 0.2) is 5.65 Å². The van der Waals surface area contributed by atoms with Crippen LogP contribution in [-0.4, -0.2) is 14.6 Å². The van der Waals surface area contributed by atoms with Gasteiger partial charge in [-0.2, -0.15) is 10.4 Å². The smallest absolute Gasteiger partial charge is 0.155 e. The number of hydrogen-bond donors (Lipinski definition) is 1. The van der Waals surface area contributed by atoms with Gasteiger partial charge in [0.1, 0.15) is 6.07 Å². The van der Waals surface area contributed by atoms with E-state index in [-0.39, 0.29) is 18.4 Å². The van der Waals surface area contributed by atoms with Crippen molar-refractivity contribution in [3.63, 3.8) is 0 Å². The highest BCUT2D eigenvalue weighted by molar-refractivity contribution is 5.85. The van der Waals surface area contributed by atoms with E-state index >= 15 is 0 Å². The van der Waals surface area contributed by atoms with Gasteiger partial charge in [-0.15, -0.1) is 12.4 Å². The minimum atomic E-state index is -0.0208. The largest absolute Gasteiger partial charge is 0.322 e. The Morgan fingerprint density at radius 2 is 2.10 bits per heavy atom. The lowest BCUT2D eigenvalue weighted by Crippen LogP contribution is -2.23. The van der Waals surface area contributed by atoms with Gasteiger partial charge in [-0.05, 0) is 18.8 Å². The fourth-order valence-electron chi connectivity index (χ4n) is 2.85. The van der Waals surface area contributed by atoms with Crippen molar-refractivity contribution in [3.8, 4) is 6.07 Å². The topological polar surface area (TPSA) is 80.0 Å². The molecule has 1 aliphatic rings. The molecule has 1 unspecified atom stereocenters. The van der Waals surface area contributed by atoms with Crippen molar-refractivity contribution < 1.29 is 0 Å². The highest BCUT2D eigenvalue weighted by Gasteiger charge is 2.23. The van der Waals surface area contributed by atoms with Crippen LogP contribution < -0.4 is 5.73 Å². The summed E-state index contributed by atoms with van der Waals surface area (Å²) in [5.74, 6) is 0.522. The van der Waals surface area contributed by atoms with Gasteiger partial charge in [0, 0.05) is 6.07 Å². The van der Waals surface area contributed by atoms with Crippen molar-refractivity contribution in [2.24, 2.45) is 11.7 Å². The molecule has 0 saturated heterocycles. The molecule has 20 heavy (non-hydrogen) atoms. The van der Waals surface area contributed by atoms with Gasteiger partial charge in [0.25, 0.3) is 0 Å². The van der Waals surface area contributed by atoms with Crippen molar-refractivity contribution >= 4 is 18.1 Å². The van der Waals surface area contributed by atoms with Crippen LogP contribution in [0.1, 0.15) is 49.4 Å². The third-order valence-corrected chi connectivity index (χ3v) is 3.97. The molecule has 1 fully saturated rings. The number of imidazole rings is 1. The Morgan fingerprint density at radius 3 is 2.80 bits per heavy atom. The maximum atomic E-state index is 8.87. The van der Waals surface area contributed by atoms with Crippen LogP contribution in [0.4, 0.5) is 0 Å². The zero-order valence-corrected chi connectivity index (χ0v) is 12.0. The summed E-state index contributed by atoms with van der Waals surface area (Å²) in [5.41, 5.74) is 8.44. The normalized spacial score (nSPS) is 17.4. The van der Waals surface area contributed by atoms with Crippen molar-refractivity contribution in [1.29, 1.82) is 5.26 Å². The minimum absolute atomic E-state index is 0. The first kappa shape index (κ1) is 14.8. The van der Waals surface area contributed by atoms with E-state index in [0.29, 0.717) is 17.1 Å². The monoisotopic (exact) mass is 291 g/mol. The van der Waals surface area contributed by atoms with Crippen LogP contribution in [0.5, 0.6) is 0 Å². The van der Waals surface area contributed by atoms with Gasteiger partial charge in [-0.25, -0.2) is 9.50 Å². The van der Waals surface area contributed by atoms with E-state index in [2.05, 4.69) is 16.2 Å². The van der Waals surface area contributed by atoms with Crippen molar-refractivity contribution in [3.05, 3.63) is 29.7 Å². The number of rotatable bonds is 2. The molecule has 0 radical (unpaired) electrons. The predicted octanol–water partition coefficient (Wildman–Crippen LogP) is 2.60. The molecule has 3 rings (SSSR count). The van der Waals surface area contributed by atoms with E-state index in [0.717, 1.165) is 5.69 Å². The Labute approximate surface area is 124 Å². The molecule has 1 atom stereocenters. The zero-order valence-electron chi connectivity index (χ0n) is 11.2. The van der Waals surface area contributed by atoms with Crippen LogP contribution in [0.3, 0.4) is 0 Å². The quantitative estimate of drug-likeness (QED) is 0.922. The molecular formula is C14H18ClN5. The van der Waals surface area contributed by atoms with Crippen molar-refractivity contribution in [2.75, 3.05) is 0 Å². The summed E-state index contributed by atoms with van der Waals surface area (Å²) in [6.45, 7) is 0. The Balaban J connectivity index is 0.00000147. The second-order valence-electron chi connectivity index (χ2n) is 5.25. The van der Waals surface area contributed by atoms with Crippen LogP contribution in [0.25, 0.3) is 5.65 Å². The third kappa shape index (κ3) is 2.77. The Morgan fingerprint density at radius 1 is 1.35 bits per heavy atom. The first-order valence-corrected chi connectivity index (χ1v) is 6.79. The highest BCUT2D eigenvalue weighted by Crippen LogP contribution is 2.32. The lowest BCUT2D eigenvalue weighted by Gasteiger charge is -2.26. The fraction of sp³-hybridized carbons (Fsp3) is 0.500. The van der Waals surface area contributed by atoms with Gasteiger partial charge in [0.05, 0.1) is 29.7 Å². The van der Waals surface area contributed by atoms with E-state index < -0.39 is 0 Å². The van der Waals surface area contributed by atoms with Crippen LogP contribution in [-0.2, 0) is 0 Å². The van der Waals surface area contributed by atoms with Crippen molar-refractivity contribution in [1.82, 2.24) is 14.6 Å². The van der Waals surface area contributed by atoms with E-state index in [4.69, 9.17) is 11.0 Å². The molecule has 2 heterocycles. The molecule has 5 nitrogen and oxygen atoms in total. The third-order valence-electron chi connectivity index (χ3n) is 3.97. The number of nitrogens with zero attached hydrogens (tertiary/aromatic N) is 4. The molecule has 2 aromatic rings. The molecule has 1 aliphatic carbocycles. The number of nitriles is 1. The van der Waals surface area contributed by atoms with E-state index in [1.807, 2.05) is 6.20 Å². The molecule has 0 aromatic carbocycles. The van der Waals surface area contributed by atoms with Crippen LogP contribution >= 0.6 is 12.4 Å². The lowest BCUT2D eigenvalue weighted by molar-refractivity contribution is 0.305. The standard InChI is InChI=1S/C14H17N5.ClH/c15-7-10-6-13-18-12(9-19(13)17-8-10)14(16)11-4-2-1-3-5-11;/h6,8-9,11,14H,1-5,16H2;1H. The summed E-state index contributed by atoms with van der Waals surface area (Å²) < 4.78 is 1.69. The first-order valence-electron chi connectivity index (χ1n) is 6.79. The SMILES string of the molecule is Cl.N#Cc1cnn2cc(C(N)C3CCCCC3)nc2c1. The molecule has 0 bridgehead atoms. The molecule has 0 amide bonds. The van der Waals surface area contributed by atoms with Gasteiger partial charge >= 0.3 is 0 Å². The van der Waals surface area contributed by atoms with E-state index in [1.165, 1.54) is 32.1 Å². The zero-order chi connectivity index (χ0) is 13.2. The molecule has 6 heteroatoms. The number of halogens is 1. The summed E-state index contributed by atoms with van der Waals surface area (Å²) in [6.07, 6.45) is 9.66. The molecule has 1 saturated carbocycles. The maximum Gasteiger partial charge on any atom is 0.155 e. The number of hydrogen-bond acceptors (Lipinski definition) is 4. The van der Waals surface area contributed by atoms with Crippen LogP contribution in [0, 0.1) is 17.2 Å². The maximum absolute atomic E-state index is 8.87. The summed E-state index contributed by atoms with van der Waals surface area (Å²) in [7, 11) is 0. The average molecular weight is 292 g/mol. The number of fused-ring (bicyclic) bond motifs is 1. The number of aromatic nitrogens is 3. The molecule has 106 valence electrons. The van der Waals surface area contributed by atoms with Gasteiger partial charge in [0.2, 0.25) is 0 Å². The van der Waals surface area contributed by atoms with Crippen LogP contribution in [0.2, 0.25) is 0 Å². The minimum Gasteiger partial charge on any atom is -0.322 e. The summed E-state index contributed by atoms with van der Waals surface area (Å²) in [4.78, 5) is 4.52. The van der Waals surface area contributed by atoms with E-state index in [9.17, 15) is 0 Å². The lowest BCUT2D eigenvalue weighted by atomic mass is 9.83. The molecule has 0 spiro atoms. The second-order valence-corrected chi connectivity index (χ2v) is 5.25. The molecular weight excluding hydrogens is 274 g/mol. The second kappa shape index (κ2) is 6.21. The summed E-state index contributed by atoms with van der Waals surface area (Å²) in [5, 5.41) is 13.0. The average Bonchev–Trinajstić information content (AvgIpc) is 2.90. The Kier molecular flexibility index (Phi) is 4.58. The molecule has 2 aromatic heterocycles. The van der Waals surface area contributed by atoms with Gasteiger partial charge < -0.3 is 5.73 Å². The number of nitrogens with two attached hydrogens (primary N) is 1. The first-order chi connectivity index (χ1) is 9.28. The summed E-state index contributed by atoms with van der Waals surface area (Å²) >= 11 is 0. The summed E-state index contributed by atoms with van der Waals surface area (Å²) in [6, 6.07) is 3.79. The van der Waals surface area contributed by atoms with Gasteiger partial charge in [-0.3, -0.25) is 0 Å². The predicted molar refractivity (Wildman–Crippen MR) is 78.5 cm³/mol. The van der Waals surface area contributed by atoms with Crippen molar-refractivity contribution in [2.45, 2.75) is 38.1 Å². The van der Waals surface area contributed by atoms with Gasteiger partial charge in [-0.1, -0.05) is 19.3 Å². The van der Waals surface area contributed by atoms with E-state index in [1.54, 1.807) is 16.8 Å². The van der Waals surface area contributed by atoms with Crippen LogP contribution in [0.15, 0.2) is 18.5 Å². The molecule has 2 N–H and O–H groups in total. The fourth-order valence-corrected chi connectivity index (χ4v) is 2.85. The highest BCUT2D eigenvalue weighted by atomic mass is 35.5. The Bertz CT molecular complexity index is 624. The molecule has 0 aliphatic heterocycles.